The Morgan fingerprint density at radius 3 is 1.30 bits per heavy atom. The molecular formula is C62H87N15O20. The number of rotatable bonds is 42. The van der Waals surface area contributed by atoms with E-state index in [-0.39, 0.29) is 61.9 Å². The van der Waals surface area contributed by atoms with Crippen molar-refractivity contribution in [3.8, 4) is 17.2 Å². The first-order valence-corrected chi connectivity index (χ1v) is 30.7. The van der Waals surface area contributed by atoms with Crippen LogP contribution in [0.15, 0.2) is 77.8 Å². The lowest BCUT2D eigenvalue weighted by molar-refractivity contribution is -0.144. The predicted molar refractivity (Wildman–Crippen MR) is 344 cm³/mol. The van der Waals surface area contributed by atoms with E-state index in [4.69, 9.17) is 28.0 Å². The minimum Gasteiger partial charge on any atom is -0.508 e. The summed E-state index contributed by atoms with van der Waals surface area (Å²) in [6.45, 7) is 4.47. The summed E-state index contributed by atoms with van der Waals surface area (Å²) in [5, 5.41) is 81.8. The lowest BCUT2D eigenvalue weighted by Crippen LogP contribution is -2.61. The quantitative estimate of drug-likeness (QED) is 0.0145. The van der Waals surface area contributed by atoms with Crippen LogP contribution in [0.3, 0.4) is 0 Å². The van der Waals surface area contributed by atoms with Crippen LogP contribution in [0.4, 0.5) is 0 Å². The number of aromatic hydroxyl groups is 3. The Labute approximate surface area is 556 Å². The second-order valence-corrected chi connectivity index (χ2v) is 23.1. The van der Waals surface area contributed by atoms with Crippen molar-refractivity contribution in [2.45, 2.75) is 153 Å². The number of hydrogen-bond donors (Lipinski definition) is 20. The first-order valence-electron chi connectivity index (χ1n) is 30.7. The van der Waals surface area contributed by atoms with E-state index in [0.29, 0.717) is 23.1 Å². The molecule has 35 heteroatoms. The third-order valence-electron chi connectivity index (χ3n) is 14.8. The van der Waals surface area contributed by atoms with Crippen LogP contribution in [0.1, 0.15) is 95.8 Å². The monoisotopic (exact) mass is 1360 g/mol. The van der Waals surface area contributed by atoms with Crippen molar-refractivity contribution in [2.24, 2.45) is 39.8 Å². The highest BCUT2D eigenvalue weighted by Crippen LogP contribution is 2.17. The largest absolute Gasteiger partial charge is 0.508 e. The van der Waals surface area contributed by atoms with Crippen LogP contribution in [0, 0.1) is 11.8 Å². The minimum atomic E-state index is -1.89. The maximum absolute atomic E-state index is 14.3. The molecule has 0 saturated heterocycles. The van der Waals surface area contributed by atoms with Crippen LogP contribution in [0.2, 0.25) is 0 Å². The van der Waals surface area contributed by atoms with Crippen molar-refractivity contribution in [3.05, 3.63) is 89.5 Å². The molecule has 0 aromatic heterocycles. The van der Waals surface area contributed by atoms with Crippen molar-refractivity contribution in [3.63, 3.8) is 0 Å². The average molecular weight is 1360 g/mol. The third kappa shape index (κ3) is 29.8. The number of phenols is 3. The molecule has 0 radical (unpaired) electrons. The van der Waals surface area contributed by atoms with Gasteiger partial charge in [0.2, 0.25) is 65.0 Å². The summed E-state index contributed by atoms with van der Waals surface area (Å²) >= 11 is 0. The van der Waals surface area contributed by atoms with Crippen LogP contribution in [-0.2, 0) is 86.4 Å². The normalized spacial score (nSPS) is 14.0. The summed E-state index contributed by atoms with van der Waals surface area (Å²) in [6, 6.07) is 2.56. The second-order valence-electron chi connectivity index (χ2n) is 23.1. The van der Waals surface area contributed by atoms with Crippen molar-refractivity contribution in [1.82, 2.24) is 53.2 Å². The molecule has 3 aromatic carbocycles. The number of benzene rings is 3. The van der Waals surface area contributed by atoms with E-state index in [1.54, 1.807) is 13.8 Å². The Kier molecular flexibility index (Phi) is 33.2. The van der Waals surface area contributed by atoms with Gasteiger partial charge in [0, 0.05) is 32.2 Å². The number of nitrogens with two attached hydrogens (primary N) is 4. The molecule has 24 N–H and O–H groups in total. The van der Waals surface area contributed by atoms with Gasteiger partial charge in [-0.2, -0.15) is 0 Å². The summed E-state index contributed by atoms with van der Waals surface area (Å²) in [5.74, 6) is -17.6. The number of nitrogens with one attached hydrogen (secondary N) is 10. The molecule has 11 amide bonds. The van der Waals surface area contributed by atoms with Gasteiger partial charge in [-0.3, -0.25) is 67.3 Å². The fraction of sp³-hybridized carbons (Fsp3) is 0.468. The standard InChI is InChI=1S/C62H87N15O20/c1-5-32(4)52(60(95)73-42(61(96)97)21-23-50(86)87)76-48(83)30-69-55(90)43(26-34-10-16-37(79)17-11-34)75-59(94)51(31(2)3)77-58(93)45(28-46(64)81)74-57(92)44(27-35-12-18-38(80)19-13-35)70-47(82)29-68-54(89)41(20-22-49(84)85)72-56(91)40(7-6-24-67-62(65)66)71-53(88)39(63)25-33-8-14-36(78)15-9-33/h8-19,31-32,39-45,51-52,78-80H,5-7,20-30,63H2,1-4H3,(H2,64,81)(H,68,89)(H,69,90)(H,70,82)(H,71,88)(H,72,91)(H,73,95)(H,74,92)(H,75,94)(H,76,83)(H,77,93)(H,84,85)(H,86,87)(H,96,97)(H4,65,66,67)/t32-,39-,40-,41-,42-,43-,44-,45-,51-,52-/m0/s1. The molecule has 0 unspecified atom stereocenters. The van der Waals surface area contributed by atoms with E-state index in [2.05, 4.69) is 58.2 Å². The number of carbonyl (C=O) groups excluding carboxylic acids is 11. The number of amides is 11. The van der Waals surface area contributed by atoms with Gasteiger partial charge in [-0.1, -0.05) is 70.5 Å². The fourth-order valence-electron chi connectivity index (χ4n) is 9.27. The van der Waals surface area contributed by atoms with Gasteiger partial charge in [0.1, 0.15) is 65.6 Å². The number of carboxylic acid groups (broad SMARTS) is 3. The first kappa shape index (κ1) is 80.1. The van der Waals surface area contributed by atoms with Crippen LogP contribution in [-0.4, -0.2) is 193 Å². The topological polar surface area (TPSA) is 597 Å². The van der Waals surface area contributed by atoms with E-state index in [9.17, 15) is 92.7 Å². The maximum Gasteiger partial charge on any atom is 0.326 e. The van der Waals surface area contributed by atoms with E-state index in [1.807, 2.05) is 0 Å². The number of phenolic OH excluding ortho intramolecular Hbond substituents is 3. The van der Waals surface area contributed by atoms with E-state index in [0.717, 1.165) is 0 Å². The zero-order chi connectivity index (χ0) is 72.6. The van der Waals surface area contributed by atoms with Gasteiger partial charge in [-0.25, -0.2) is 4.79 Å². The molecule has 0 fully saturated rings. The molecule has 0 aliphatic carbocycles. The van der Waals surface area contributed by atoms with Crippen LogP contribution in [0.25, 0.3) is 0 Å². The van der Waals surface area contributed by atoms with Gasteiger partial charge in [0.05, 0.1) is 25.6 Å². The van der Waals surface area contributed by atoms with Gasteiger partial charge in [-0.05, 0) is 97.0 Å². The van der Waals surface area contributed by atoms with Crippen LogP contribution >= 0.6 is 0 Å². The number of hydrogen-bond acceptors (Lipinski definition) is 19. The summed E-state index contributed by atoms with van der Waals surface area (Å²) in [6.07, 6.45) is -3.62. The number of primary amides is 1. The molecule has 0 aliphatic heterocycles. The molecule has 0 spiro atoms. The van der Waals surface area contributed by atoms with Crippen LogP contribution in [0.5, 0.6) is 17.2 Å². The number of guanidine groups is 1. The summed E-state index contributed by atoms with van der Waals surface area (Å²) in [4.78, 5) is 189. The maximum atomic E-state index is 14.3. The summed E-state index contributed by atoms with van der Waals surface area (Å²) in [7, 11) is 0. The molecule has 530 valence electrons. The molecular weight excluding hydrogens is 1270 g/mol. The molecule has 97 heavy (non-hydrogen) atoms. The van der Waals surface area contributed by atoms with Crippen molar-refractivity contribution in [1.29, 1.82) is 0 Å². The van der Waals surface area contributed by atoms with E-state index >= 15 is 0 Å². The van der Waals surface area contributed by atoms with Gasteiger partial charge < -0.3 is 107 Å². The Hall–Kier alpha value is -11.1. The second kappa shape index (κ2) is 40.2. The zero-order valence-corrected chi connectivity index (χ0v) is 53.8. The molecule has 0 bridgehead atoms. The molecule has 0 heterocycles. The number of carbonyl (C=O) groups is 14. The number of aliphatic carboxylic acids is 3. The molecule has 0 aliphatic rings. The minimum absolute atomic E-state index is 0.00189. The van der Waals surface area contributed by atoms with E-state index < -0.39 is 194 Å². The lowest BCUT2D eigenvalue weighted by Gasteiger charge is -2.28. The van der Waals surface area contributed by atoms with Crippen molar-refractivity contribution in [2.75, 3.05) is 19.6 Å². The van der Waals surface area contributed by atoms with Gasteiger partial charge in [0.25, 0.3) is 0 Å². The average Bonchev–Trinajstić information content (AvgIpc) is 1.05. The number of nitrogens with zero attached hydrogens (tertiary/aromatic N) is 1. The Morgan fingerprint density at radius 2 is 0.835 bits per heavy atom. The van der Waals surface area contributed by atoms with E-state index in [1.165, 1.54) is 86.6 Å². The summed E-state index contributed by atoms with van der Waals surface area (Å²) < 4.78 is 0. The number of aliphatic imine (C=N–C) groups is 1. The van der Waals surface area contributed by atoms with Crippen molar-refractivity contribution < 1.29 is 97.8 Å². The van der Waals surface area contributed by atoms with Gasteiger partial charge in [0.15, 0.2) is 5.96 Å². The Balaban J connectivity index is 1.86. The molecule has 10 atom stereocenters. The Bertz CT molecular complexity index is 3280. The fourth-order valence-corrected chi connectivity index (χ4v) is 9.27. The molecule has 3 aromatic rings. The van der Waals surface area contributed by atoms with Gasteiger partial charge >= 0.3 is 17.9 Å². The van der Waals surface area contributed by atoms with Crippen LogP contribution < -0.4 is 76.1 Å². The highest BCUT2D eigenvalue weighted by Gasteiger charge is 2.36. The SMILES string of the molecule is CC[C@H](C)[C@H](NC(=O)CNC(=O)[C@H](Cc1ccc(O)cc1)NC(=O)[C@@H](NC(=O)[C@H](CC(N)=O)NC(=O)[C@H](Cc1ccc(O)cc1)NC(=O)CNC(=O)[C@H](CCC(=O)O)NC(=O)[C@H](CCCN=C(N)N)NC(=O)[C@@H](N)Cc1ccc(O)cc1)C(C)C)C(=O)N[C@@H](CCC(=O)O)C(=O)O. The zero-order valence-electron chi connectivity index (χ0n) is 53.8. The molecule has 3 rings (SSSR count). The highest BCUT2D eigenvalue weighted by molar-refractivity contribution is 5.99. The Morgan fingerprint density at radius 1 is 0.443 bits per heavy atom. The highest BCUT2D eigenvalue weighted by atomic mass is 16.4. The molecule has 35 nitrogen and oxygen atoms in total. The van der Waals surface area contributed by atoms with Crippen molar-refractivity contribution >= 4 is 88.8 Å². The predicted octanol–water partition coefficient (Wildman–Crippen LogP) is -4.29. The first-order chi connectivity index (χ1) is 45.6. The van der Waals surface area contributed by atoms with Gasteiger partial charge in [-0.15, -0.1) is 0 Å². The third-order valence-corrected chi connectivity index (χ3v) is 14.8. The number of carboxylic acids is 3. The lowest BCUT2D eigenvalue weighted by atomic mass is 9.97. The smallest absolute Gasteiger partial charge is 0.326 e. The summed E-state index contributed by atoms with van der Waals surface area (Å²) in [5.41, 5.74) is 23.8. The molecule has 0 saturated carbocycles.